The van der Waals surface area contributed by atoms with Crippen LogP contribution >= 0.6 is 0 Å². The van der Waals surface area contributed by atoms with Gasteiger partial charge in [-0.25, -0.2) is 9.59 Å². The highest BCUT2D eigenvalue weighted by atomic mass is 16.6. The minimum Gasteiger partial charge on any atom is -0.444 e. The molecule has 0 aliphatic carbocycles. The number of guanidine groups is 1. The molecule has 3 aromatic rings. The number of nitrogens with one attached hydrogen (secondary N) is 2. The second kappa shape index (κ2) is 15.2. The fraction of sp³-hybridized carbons (Fsp3) is 0.389. The highest BCUT2D eigenvalue weighted by molar-refractivity contribution is 6.04. The summed E-state index contributed by atoms with van der Waals surface area (Å²) in [6.07, 6.45) is 0.0345. The molecule has 13 nitrogen and oxygen atoms in total. The van der Waals surface area contributed by atoms with E-state index < -0.39 is 53.6 Å². The van der Waals surface area contributed by atoms with Gasteiger partial charge in [-0.05, 0) is 68.4 Å². The van der Waals surface area contributed by atoms with Crippen LogP contribution in [0.25, 0.3) is 10.8 Å². The largest absolute Gasteiger partial charge is 0.444 e. The van der Waals surface area contributed by atoms with Gasteiger partial charge in [-0.2, -0.15) is 0 Å². The molecule has 0 unspecified atom stereocenters. The van der Waals surface area contributed by atoms with Crippen molar-refractivity contribution in [1.29, 1.82) is 0 Å². The SMILES string of the molecule is CC(C)(C)OC(=O)N[C@@H](C(=O)N1CCC[C@H]1C(=O)N[C@H]1CCCN(/C(N)=N/C(=O)OCc2ccccc2)C1=O)c1cccc2ccccc12. The number of nitrogens with two attached hydrogens (primary N) is 1. The number of hydrogen-bond acceptors (Lipinski definition) is 7. The molecule has 2 aliphatic rings. The van der Waals surface area contributed by atoms with E-state index in [4.69, 9.17) is 15.2 Å². The molecule has 4 N–H and O–H groups in total. The highest BCUT2D eigenvalue weighted by Crippen LogP contribution is 2.29. The Morgan fingerprint density at radius 3 is 2.39 bits per heavy atom. The number of piperidine rings is 1. The summed E-state index contributed by atoms with van der Waals surface area (Å²) >= 11 is 0. The maximum atomic E-state index is 14.3. The van der Waals surface area contributed by atoms with Crippen LogP contribution in [0.5, 0.6) is 0 Å². The van der Waals surface area contributed by atoms with Crippen LogP contribution in [0.2, 0.25) is 0 Å². The Bertz CT molecular complexity index is 1730. The number of carbonyl (C=O) groups excluding carboxylic acids is 5. The zero-order valence-electron chi connectivity index (χ0n) is 27.9. The first-order valence-electron chi connectivity index (χ1n) is 16.4. The molecule has 3 atom stereocenters. The Kier molecular flexibility index (Phi) is 10.8. The average molecular weight is 671 g/mol. The molecule has 2 aliphatic heterocycles. The molecule has 0 saturated carbocycles. The molecule has 13 heteroatoms. The van der Waals surface area contributed by atoms with Crippen LogP contribution in [0.1, 0.15) is 63.6 Å². The lowest BCUT2D eigenvalue weighted by Gasteiger charge is -2.34. The summed E-state index contributed by atoms with van der Waals surface area (Å²) in [6.45, 7) is 5.68. The quantitative estimate of drug-likeness (QED) is 0.248. The van der Waals surface area contributed by atoms with E-state index in [0.29, 0.717) is 31.2 Å². The summed E-state index contributed by atoms with van der Waals surface area (Å²) < 4.78 is 10.7. The van der Waals surface area contributed by atoms with Crippen molar-refractivity contribution in [2.24, 2.45) is 10.7 Å². The Labute approximate surface area is 284 Å². The first-order valence-corrected chi connectivity index (χ1v) is 16.4. The number of rotatable bonds is 7. The van der Waals surface area contributed by atoms with Crippen molar-refractivity contribution in [3.63, 3.8) is 0 Å². The maximum Gasteiger partial charge on any atom is 0.437 e. The number of ether oxygens (including phenoxy) is 2. The standard InChI is InChI=1S/C36H42N6O7/c1-36(2,3)49-35(47)39-29(26-17-9-15-24-14-7-8-16-25(24)26)32(45)41-20-11-19-28(41)30(43)38-27-18-10-21-42(31(27)44)33(37)40-34(46)48-22-23-12-5-4-6-13-23/h4-9,12-17,27-29H,10-11,18-22H2,1-3H3,(H,38,43)(H,39,47)(H2,37,40,46)/t27-,28-,29+/m0/s1. The lowest BCUT2D eigenvalue weighted by Crippen LogP contribution is -2.58. The number of nitrogens with zero attached hydrogens (tertiary/aromatic N) is 3. The topological polar surface area (TPSA) is 173 Å². The van der Waals surface area contributed by atoms with Crippen molar-refractivity contribution in [3.8, 4) is 0 Å². The molecule has 258 valence electrons. The van der Waals surface area contributed by atoms with E-state index >= 15 is 0 Å². The molecular weight excluding hydrogens is 628 g/mol. The minimum absolute atomic E-state index is 0.00562. The third-order valence-electron chi connectivity index (χ3n) is 8.32. The van der Waals surface area contributed by atoms with Crippen LogP contribution < -0.4 is 16.4 Å². The van der Waals surface area contributed by atoms with Gasteiger partial charge in [-0.3, -0.25) is 19.3 Å². The van der Waals surface area contributed by atoms with Gasteiger partial charge in [0.15, 0.2) is 0 Å². The summed E-state index contributed by atoms with van der Waals surface area (Å²) in [6, 6.07) is 19.1. The lowest BCUT2D eigenvalue weighted by atomic mass is 9.97. The van der Waals surface area contributed by atoms with Crippen LogP contribution in [0.15, 0.2) is 77.8 Å². The van der Waals surface area contributed by atoms with E-state index in [1.54, 1.807) is 45.0 Å². The predicted molar refractivity (Wildman–Crippen MR) is 182 cm³/mol. The van der Waals surface area contributed by atoms with Crippen molar-refractivity contribution in [1.82, 2.24) is 20.4 Å². The Morgan fingerprint density at radius 2 is 1.63 bits per heavy atom. The summed E-state index contributed by atoms with van der Waals surface area (Å²) in [7, 11) is 0. The molecule has 0 bridgehead atoms. The molecule has 0 aromatic heterocycles. The third kappa shape index (κ3) is 8.72. The molecule has 49 heavy (non-hydrogen) atoms. The number of hydrogen-bond donors (Lipinski definition) is 3. The van der Waals surface area contributed by atoms with E-state index in [1.807, 2.05) is 48.5 Å². The normalized spacial score (nSPS) is 18.9. The second-order valence-electron chi connectivity index (χ2n) is 13.0. The van der Waals surface area contributed by atoms with Gasteiger partial charge in [0, 0.05) is 13.1 Å². The molecular formula is C36H42N6O7. The average Bonchev–Trinajstić information content (AvgIpc) is 3.57. The van der Waals surface area contributed by atoms with Gasteiger partial charge in [0.1, 0.15) is 30.3 Å². The molecule has 5 rings (SSSR count). The summed E-state index contributed by atoms with van der Waals surface area (Å²) in [5.41, 5.74) is 6.57. The number of likely N-dealkylation sites (tertiary alicyclic amines) is 2. The molecule has 2 heterocycles. The molecule has 0 spiro atoms. The van der Waals surface area contributed by atoms with Gasteiger partial charge < -0.3 is 30.7 Å². The lowest BCUT2D eigenvalue weighted by molar-refractivity contribution is -0.142. The second-order valence-corrected chi connectivity index (χ2v) is 13.0. The van der Waals surface area contributed by atoms with Gasteiger partial charge in [0.2, 0.25) is 11.9 Å². The van der Waals surface area contributed by atoms with Crippen molar-refractivity contribution in [2.45, 2.75) is 76.8 Å². The van der Waals surface area contributed by atoms with Gasteiger partial charge in [0.05, 0.1) is 0 Å². The highest BCUT2D eigenvalue weighted by Gasteiger charge is 2.41. The van der Waals surface area contributed by atoms with E-state index in [2.05, 4.69) is 15.6 Å². The number of amides is 5. The number of alkyl carbamates (subject to hydrolysis) is 1. The Balaban J connectivity index is 1.29. The summed E-state index contributed by atoms with van der Waals surface area (Å²) in [5, 5.41) is 7.20. The third-order valence-corrected chi connectivity index (χ3v) is 8.32. The first kappa shape index (κ1) is 34.9. The van der Waals surface area contributed by atoms with Crippen LogP contribution in [0.3, 0.4) is 0 Å². The molecule has 2 saturated heterocycles. The molecule has 3 aromatic carbocycles. The van der Waals surface area contributed by atoms with Gasteiger partial charge in [0.25, 0.3) is 11.8 Å². The summed E-state index contributed by atoms with van der Waals surface area (Å²) in [4.78, 5) is 73.0. The van der Waals surface area contributed by atoms with Crippen LogP contribution in [0, 0.1) is 0 Å². The fourth-order valence-electron chi connectivity index (χ4n) is 6.08. The van der Waals surface area contributed by atoms with Crippen LogP contribution in [0.4, 0.5) is 9.59 Å². The first-order chi connectivity index (χ1) is 23.4. The number of benzene rings is 3. The minimum atomic E-state index is -1.14. The molecule has 0 radical (unpaired) electrons. The van der Waals surface area contributed by atoms with E-state index in [-0.39, 0.29) is 25.7 Å². The fourth-order valence-corrected chi connectivity index (χ4v) is 6.08. The van der Waals surface area contributed by atoms with Crippen molar-refractivity contribution < 1.29 is 33.4 Å². The molecule has 5 amide bonds. The van der Waals surface area contributed by atoms with E-state index in [9.17, 15) is 24.0 Å². The zero-order valence-corrected chi connectivity index (χ0v) is 27.9. The Hall–Kier alpha value is -5.46. The van der Waals surface area contributed by atoms with Gasteiger partial charge >= 0.3 is 12.2 Å². The van der Waals surface area contributed by atoms with E-state index in [1.165, 1.54) is 4.90 Å². The van der Waals surface area contributed by atoms with Crippen LogP contribution in [-0.2, 0) is 30.5 Å². The van der Waals surface area contributed by atoms with Crippen molar-refractivity contribution >= 4 is 46.6 Å². The smallest absolute Gasteiger partial charge is 0.437 e. The number of carbonyl (C=O) groups is 5. The van der Waals surface area contributed by atoms with Gasteiger partial charge in [-0.1, -0.05) is 72.8 Å². The summed E-state index contributed by atoms with van der Waals surface area (Å²) in [5.74, 6) is -1.82. The molecule has 2 fully saturated rings. The maximum absolute atomic E-state index is 14.3. The predicted octanol–water partition coefficient (Wildman–Crippen LogP) is 4.16. The van der Waals surface area contributed by atoms with Crippen molar-refractivity contribution in [3.05, 3.63) is 83.9 Å². The Morgan fingerprint density at radius 1 is 0.939 bits per heavy atom. The van der Waals surface area contributed by atoms with Crippen LogP contribution in [-0.4, -0.2) is 76.4 Å². The number of aliphatic imine (C=N–C) groups is 1. The zero-order chi connectivity index (χ0) is 35.1. The van der Waals surface area contributed by atoms with Gasteiger partial charge in [-0.15, -0.1) is 4.99 Å². The number of fused-ring (bicyclic) bond motifs is 1. The van der Waals surface area contributed by atoms with Crippen molar-refractivity contribution in [2.75, 3.05) is 13.1 Å². The van der Waals surface area contributed by atoms with E-state index in [0.717, 1.165) is 21.2 Å². The monoisotopic (exact) mass is 670 g/mol.